The van der Waals surface area contributed by atoms with Gasteiger partial charge in [-0.1, -0.05) is 127 Å². The molecule has 0 radical (unpaired) electrons. The summed E-state index contributed by atoms with van der Waals surface area (Å²) in [5.74, 6) is 0.677. The molecule has 0 aliphatic carbocycles. The summed E-state index contributed by atoms with van der Waals surface area (Å²) >= 11 is 1.81. The summed E-state index contributed by atoms with van der Waals surface area (Å²) < 4.78 is 8.96. The van der Waals surface area contributed by atoms with Crippen LogP contribution in [0.15, 0.2) is 156 Å². The highest BCUT2D eigenvalue weighted by Gasteiger charge is 2.19. The largest absolute Gasteiger partial charge is 0.454 e. The number of para-hydroxylation sites is 2. The molecule has 6 aromatic carbocycles. The zero-order valence-electron chi connectivity index (χ0n) is 25.6. The number of benzene rings is 6. The van der Waals surface area contributed by atoms with Gasteiger partial charge in [0.25, 0.3) is 0 Å². The fourth-order valence-corrected chi connectivity index (χ4v) is 8.05. The number of nitrogens with zero attached hydrogens (tertiary/aromatic N) is 3. The zero-order chi connectivity index (χ0) is 31.6. The number of hydrogen-bond acceptors (Lipinski definition) is 5. The lowest BCUT2D eigenvalue weighted by atomic mass is 10.0. The van der Waals surface area contributed by atoms with E-state index in [1.807, 2.05) is 47.7 Å². The van der Waals surface area contributed by atoms with Gasteiger partial charge in [0.15, 0.2) is 11.4 Å². The highest BCUT2D eigenvalue weighted by molar-refractivity contribution is 7.26. The monoisotopic (exact) mass is 631 g/mol. The SMILES string of the molecule is c1ccc(-c2cc(-c3cccc4c3sc3ccccc34)nc(-c3ccc(-c4nc5ccccc5c5c4oc4ccccc45)cc3)n2)cc1. The molecular formula is C43H25N3OS. The lowest BCUT2D eigenvalue weighted by Crippen LogP contribution is -1.96. The maximum absolute atomic E-state index is 6.46. The summed E-state index contributed by atoms with van der Waals surface area (Å²) in [5, 5.41) is 5.79. The number of aromatic nitrogens is 3. The van der Waals surface area contributed by atoms with Crippen molar-refractivity contribution in [1.82, 2.24) is 15.0 Å². The molecule has 0 saturated carbocycles. The third-order valence-corrected chi connectivity index (χ3v) is 10.3. The molecule has 0 bridgehead atoms. The Hall–Kier alpha value is -6.17. The van der Waals surface area contributed by atoms with E-state index in [1.165, 1.54) is 20.2 Å². The Morgan fingerprint density at radius 1 is 0.479 bits per heavy atom. The van der Waals surface area contributed by atoms with Crippen LogP contribution in [0.5, 0.6) is 0 Å². The van der Waals surface area contributed by atoms with E-state index in [2.05, 4.69) is 115 Å². The van der Waals surface area contributed by atoms with Gasteiger partial charge in [-0.3, -0.25) is 0 Å². The lowest BCUT2D eigenvalue weighted by molar-refractivity contribution is 0.669. The molecule has 0 spiro atoms. The van der Waals surface area contributed by atoms with Crippen LogP contribution in [0.4, 0.5) is 0 Å². The second kappa shape index (κ2) is 10.7. The molecule has 4 nitrogen and oxygen atoms in total. The van der Waals surface area contributed by atoms with Gasteiger partial charge in [-0.25, -0.2) is 15.0 Å². The van der Waals surface area contributed by atoms with E-state index in [0.717, 1.165) is 72.2 Å². The molecule has 0 fully saturated rings. The molecule has 4 aromatic heterocycles. The van der Waals surface area contributed by atoms with E-state index in [-0.39, 0.29) is 0 Å². The Morgan fingerprint density at radius 2 is 1.17 bits per heavy atom. The average Bonchev–Trinajstić information content (AvgIpc) is 3.74. The topological polar surface area (TPSA) is 51.8 Å². The van der Waals surface area contributed by atoms with Crippen molar-refractivity contribution in [2.24, 2.45) is 0 Å². The van der Waals surface area contributed by atoms with Crippen LogP contribution in [-0.4, -0.2) is 15.0 Å². The Kier molecular flexibility index (Phi) is 6.01. The summed E-state index contributed by atoms with van der Waals surface area (Å²) in [4.78, 5) is 15.4. The molecule has 48 heavy (non-hydrogen) atoms. The van der Waals surface area contributed by atoms with Crippen molar-refractivity contribution in [2.75, 3.05) is 0 Å². The molecule has 0 aliphatic heterocycles. The minimum absolute atomic E-state index is 0.677. The molecule has 0 amide bonds. The van der Waals surface area contributed by atoms with Gasteiger partial charge in [-0.2, -0.15) is 0 Å². The van der Waals surface area contributed by atoms with Gasteiger partial charge in [-0.05, 0) is 24.3 Å². The van der Waals surface area contributed by atoms with E-state index >= 15 is 0 Å². The van der Waals surface area contributed by atoms with Gasteiger partial charge >= 0.3 is 0 Å². The van der Waals surface area contributed by atoms with Crippen LogP contribution in [0.25, 0.3) is 98.2 Å². The van der Waals surface area contributed by atoms with Crippen molar-refractivity contribution in [3.05, 3.63) is 152 Å². The third kappa shape index (κ3) is 4.25. The first-order chi connectivity index (χ1) is 23.8. The fourth-order valence-electron chi connectivity index (χ4n) is 6.83. The zero-order valence-corrected chi connectivity index (χ0v) is 26.4. The molecule has 0 saturated heterocycles. The van der Waals surface area contributed by atoms with Crippen LogP contribution >= 0.6 is 11.3 Å². The minimum atomic E-state index is 0.677. The quantitative estimate of drug-likeness (QED) is 0.194. The lowest BCUT2D eigenvalue weighted by Gasteiger charge is -2.11. The Balaban J connectivity index is 1.14. The van der Waals surface area contributed by atoms with E-state index in [0.29, 0.717) is 5.82 Å². The summed E-state index contributed by atoms with van der Waals surface area (Å²) in [5.41, 5.74) is 9.27. The average molecular weight is 632 g/mol. The minimum Gasteiger partial charge on any atom is -0.454 e. The van der Waals surface area contributed by atoms with Crippen molar-refractivity contribution >= 4 is 64.4 Å². The number of pyridine rings is 1. The third-order valence-electron chi connectivity index (χ3n) is 9.11. The Bertz CT molecular complexity index is 2830. The van der Waals surface area contributed by atoms with E-state index in [9.17, 15) is 0 Å². The van der Waals surface area contributed by atoms with Crippen LogP contribution < -0.4 is 0 Å². The molecule has 0 N–H and O–H groups in total. The van der Waals surface area contributed by atoms with Gasteiger partial charge in [0.05, 0.1) is 16.9 Å². The van der Waals surface area contributed by atoms with Gasteiger partial charge in [0, 0.05) is 58.6 Å². The fraction of sp³-hybridized carbons (Fsp3) is 0. The smallest absolute Gasteiger partial charge is 0.162 e. The van der Waals surface area contributed by atoms with Gasteiger partial charge in [0.2, 0.25) is 0 Å². The molecule has 4 heterocycles. The number of thiophene rings is 1. The molecular weight excluding hydrogens is 607 g/mol. The first-order valence-corrected chi connectivity index (χ1v) is 16.8. The maximum atomic E-state index is 6.46. The second-order valence-electron chi connectivity index (χ2n) is 12.0. The number of fused-ring (bicyclic) bond motifs is 8. The molecule has 10 aromatic rings. The number of furan rings is 1. The van der Waals surface area contributed by atoms with Crippen LogP contribution in [0, 0.1) is 0 Å². The summed E-state index contributed by atoms with van der Waals surface area (Å²) in [6, 6.07) is 52.4. The van der Waals surface area contributed by atoms with Crippen LogP contribution in [0.3, 0.4) is 0 Å². The molecule has 0 atom stereocenters. The number of hydrogen-bond donors (Lipinski definition) is 0. The predicted octanol–water partition coefficient (Wildman–Crippen LogP) is 12.0. The molecule has 5 heteroatoms. The normalized spacial score (nSPS) is 11.8. The van der Waals surface area contributed by atoms with Crippen molar-refractivity contribution in [1.29, 1.82) is 0 Å². The highest BCUT2D eigenvalue weighted by atomic mass is 32.1. The Labute approximate surface area is 279 Å². The molecule has 0 unspecified atom stereocenters. The van der Waals surface area contributed by atoms with Crippen molar-refractivity contribution in [3.8, 4) is 45.2 Å². The van der Waals surface area contributed by atoms with Gasteiger partial charge in [-0.15, -0.1) is 11.3 Å². The summed E-state index contributed by atoms with van der Waals surface area (Å²) in [6.45, 7) is 0. The molecule has 0 aliphatic rings. The molecule has 10 rings (SSSR count). The first kappa shape index (κ1) is 27.0. The Morgan fingerprint density at radius 3 is 2.04 bits per heavy atom. The van der Waals surface area contributed by atoms with Crippen molar-refractivity contribution in [3.63, 3.8) is 0 Å². The van der Waals surface area contributed by atoms with E-state index in [4.69, 9.17) is 19.4 Å². The van der Waals surface area contributed by atoms with E-state index < -0.39 is 0 Å². The highest BCUT2D eigenvalue weighted by Crippen LogP contribution is 2.42. The van der Waals surface area contributed by atoms with Gasteiger partial charge < -0.3 is 4.42 Å². The maximum Gasteiger partial charge on any atom is 0.162 e. The van der Waals surface area contributed by atoms with Crippen LogP contribution in [0.2, 0.25) is 0 Å². The van der Waals surface area contributed by atoms with Crippen molar-refractivity contribution < 1.29 is 4.42 Å². The second-order valence-corrected chi connectivity index (χ2v) is 13.0. The standard InChI is InChI=1S/C43H25N3OS/c1-2-11-26(12-3-1)35-25-36(32-17-10-16-30-29-13-6-9-20-38(29)48-42(30)32)46-43(45-35)28-23-21-27(22-24-28)40-41-39(31-14-4-7-18-34(31)44-40)33-15-5-8-19-37(33)47-41/h1-25H. The summed E-state index contributed by atoms with van der Waals surface area (Å²) in [7, 11) is 0. The van der Waals surface area contributed by atoms with Crippen molar-refractivity contribution in [2.45, 2.75) is 0 Å². The van der Waals surface area contributed by atoms with E-state index in [1.54, 1.807) is 0 Å². The predicted molar refractivity (Wildman–Crippen MR) is 199 cm³/mol. The number of rotatable bonds is 4. The van der Waals surface area contributed by atoms with Crippen LogP contribution in [0.1, 0.15) is 0 Å². The van der Waals surface area contributed by atoms with Gasteiger partial charge in [0.1, 0.15) is 11.3 Å². The molecule has 224 valence electrons. The first-order valence-electron chi connectivity index (χ1n) is 15.9. The van der Waals surface area contributed by atoms with Crippen LogP contribution in [-0.2, 0) is 0 Å². The summed E-state index contributed by atoms with van der Waals surface area (Å²) in [6.07, 6.45) is 0.